The quantitative estimate of drug-likeness (QED) is 0.546. The zero-order valence-electron chi connectivity index (χ0n) is 12.5. The van der Waals surface area contributed by atoms with Gasteiger partial charge in [-0.1, -0.05) is 57.8 Å². The Balaban J connectivity index is 1.85. The Kier molecular flexibility index (Phi) is 4.76. The van der Waals surface area contributed by atoms with Gasteiger partial charge in [-0.2, -0.15) is 0 Å². The Labute approximate surface area is 148 Å². The van der Waals surface area contributed by atoms with Crippen molar-refractivity contribution in [2.24, 2.45) is 4.99 Å². The highest BCUT2D eigenvalue weighted by molar-refractivity contribution is 7.18. The molecule has 0 unspecified atom stereocenters. The molecule has 0 aliphatic heterocycles. The van der Waals surface area contributed by atoms with E-state index in [1.165, 1.54) is 22.5 Å². The van der Waals surface area contributed by atoms with Crippen LogP contribution in [-0.4, -0.2) is 16.4 Å². The van der Waals surface area contributed by atoms with Crippen molar-refractivity contribution in [2.75, 3.05) is 0 Å². The minimum atomic E-state index is 0.556. The fourth-order valence-corrected chi connectivity index (χ4v) is 3.35. The van der Waals surface area contributed by atoms with E-state index in [1.54, 1.807) is 18.3 Å². The minimum absolute atomic E-state index is 0.556. The Bertz CT molecular complexity index is 867. The first-order valence-electron chi connectivity index (χ1n) is 6.92. The molecule has 3 rings (SSSR count). The van der Waals surface area contributed by atoms with E-state index in [0.29, 0.717) is 15.2 Å². The van der Waals surface area contributed by atoms with Gasteiger partial charge >= 0.3 is 0 Å². The van der Waals surface area contributed by atoms with Crippen LogP contribution < -0.4 is 0 Å². The summed E-state index contributed by atoms with van der Waals surface area (Å²) >= 11 is 13.4. The molecule has 1 aromatic heterocycles. The summed E-state index contributed by atoms with van der Waals surface area (Å²) in [5.41, 5.74) is 4.26. The monoisotopic (exact) mass is 361 g/mol. The van der Waals surface area contributed by atoms with Crippen molar-refractivity contribution in [1.29, 1.82) is 0 Å². The number of aliphatic imine (C=N–C) groups is 1. The van der Waals surface area contributed by atoms with Crippen LogP contribution in [0.2, 0.25) is 10.0 Å². The molecule has 0 saturated carbocycles. The summed E-state index contributed by atoms with van der Waals surface area (Å²) in [4.78, 5) is 4.35. The normalized spacial score (nSPS) is 11.3. The van der Waals surface area contributed by atoms with Crippen molar-refractivity contribution in [3.8, 4) is 10.6 Å². The lowest BCUT2D eigenvalue weighted by atomic mass is 10.1. The first-order chi connectivity index (χ1) is 11.0. The Morgan fingerprint density at radius 2 is 1.74 bits per heavy atom. The van der Waals surface area contributed by atoms with E-state index in [9.17, 15) is 0 Å². The molecular weight excluding hydrogens is 349 g/mol. The van der Waals surface area contributed by atoms with Crippen molar-refractivity contribution in [1.82, 2.24) is 10.2 Å². The Morgan fingerprint density at radius 1 is 1.00 bits per heavy atom. The maximum absolute atomic E-state index is 6.12. The predicted molar refractivity (Wildman–Crippen MR) is 98.5 cm³/mol. The van der Waals surface area contributed by atoms with E-state index in [4.69, 9.17) is 23.2 Å². The summed E-state index contributed by atoms with van der Waals surface area (Å²) in [6.07, 6.45) is 1.67. The Morgan fingerprint density at radius 3 is 2.43 bits per heavy atom. The van der Waals surface area contributed by atoms with Crippen molar-refractivity contribution < 1.29 is 0 Å². The maximum atomic E-state index is 6.12. The molecule has 0 radical (unpaired) electrons. The molecule has 0 fully saturated rings. The number of nitrogens with zero attached hydrogens (tertiary/aromatic N) is 3. The van der Waals surface area contributed by atoms with Crippen LogP contribution in [-0.2, 0) is 0 Å². The lowest BCUT2D eigenvalue weighted by Crippen LogP contribution is -1.82. The number of rotatable bonds is 3. The van der Waals surface area contributed by atoms with Crippen molar-refractivity contribution in [3.05, 3.63) is 63.1 Å². The molecule has 0 bridgehead atoms. The van der Waals surface area contributed by atoms with Gasteiger partial charge in [0.05, 0.1) is 5.02 Å². The Hall–Kier alpha value is -1.75. The zero-order chi connectivity index (χ0) is 16.4. The third-order valence-electron chi connectivity index (χ3n) is 3.16. The maximum Gasteiger partial charge on any atom is 0.231 e. The van der Waals surface area contributed by atoms with Gasteiger partial charge in [-0.25, -0.2) is 4.99 Å². The molecule has 23 heavy (non-hydrogen) atoms. The summed E-state index contributed by atoms with van der Waals surface area (Å²) in [7, 11) is 0. The molecule has 6 heteroatoms. The lowest BCUT2D eigenvalue weighted by molar-refractivity contribution is 1.09. The molecule has 1 heterocycles. The predicted octanol–water partition coefficient (Wildman–Crippen LogP) is 5.88. The summed E-state index contributed by atoms with van der Waals surface area (Å²) < 4.78 is 0. The highest BCUT2D eigenvalue weighted by Crippen LogP contribution is 2.29. The molecule has 3 aromatic rings. The second kappa shape index (κ2) is 6.79. The van der Waals surface area contributed by atoms with E-state index in [2.05, 4.69) is 47.2 Å². The number of benzene rings is 2. The highest BCUT2D eigenvalue weighted by atomic mass is 35.5. The molecule has 0 atom stereocenters. The zero-order valence-corrected chi connectivity index (χ0v) is 14.9. The van der Waals surface area contributed by atoms with Gasteiger partial charge in [0.2, 0.25) is 5.13 Å². The number of hydrogen-bond donors (Lipinski definition) is 0. The van der Waals surface area contributed by atoms with Gasteiger partial charge in [0.25, 0.3) is 0 Å². The molecular formula is C17H13Cl2N3S. The van der Waals surface area contributed by atoms with Crippen LogP contribution in [0.15, 0.2) is 41.4 Å². The summed E-state index contributed by atoms with van der Waals surface area (Å²) in [5, 5.41) is 10.9. The summed E-state index contributed by atoms with van der Waals surface area (Å²) in [5.74, 6) is 0. The number of aryl methyl sites for hydroxylation is 2. The second-order valence-electron chi connectivity index (χ2n) is 5.19. The van der Waals surface area contributed by atoms with Gasteiger partial charge in [0.15, 0.2) is 0 Å². The molecule has 2 aromatic carbocycles. The first-order valence-corrected chi connectivity index (χ1v) is 8.50. The second-order valence-corrected chi connectivity index (χ2v) is 6.99. The van der Waals surface area contributed by atoms with Gasteiger partial charge in [0, 0.05) is 22.4 Å². The summed E-state index contributed by atoms with van der Waals surface area (Å²) in [6, 6.07) is 11.6. The highest BCUT2D eigenvalue weighted by Gasteiger charge is 2.07. The van der Waals surface area contributed by atoms with Crippen LogP contribution in [0.1, 0.15) is 16.7 Å². The van der Waals surface area contributed by atoms with Gasteiger partial charge < -0.3 is 0 Å². The standard InChI is InChI=1S/C17H13Cl2N3S/c1-10-5-11(2)7-13(6-10)16-21-22-17(23-16)20-9-12-3-4-14(18)8-15(12)19/h3-9H,1-2H3/b20-9+. The third-order valence-corrected chi connectivity index (χ3v) is 4.60. The van der Waals surface area contributed by atoms with Gasteiger partial charge in [-0.05, 0) is 38.1 Å². The SMILES string of the molecule is Cc1cc(C)cc(-c2nnc(/N=C/c3ccc(Cl)cc3Cl)s2)c1. The molecule has 0 saturated heterocycles. The smallest absolute Gasteiger partial charge is 0.226 e. The molecule has 3 nitrogen and oxygen atoms in total. The minimum Gasteiger partial charge on any atom is -0.226 e. The van der Waals surface area contributed by atoms with Crippen molar-refractivity contribution in [2.45, 2.75) is 13.8 Å². The number of aromatic nitrogens is 2. The van der Waals surface area contributed by atoms with Gasteiger partial charge in [-0.15, -0.1) is 10.2 Å². The molecule has 0 N–H and O–H groups in total. The fourth-order valence-electron chi connectivity index (χ4n) is 2.21. The fraction of sp³-hybridized carbons (Fsp3) is 0.118. The van der Waals surface area contributed by atoms with E-state index in [1.807, 2.05) is 6.07 Å². The average Bonchev–Trinajstić information content (AvgIpc) is 2.94. The molecule has 0 aliphatic carbocycles. The summed E-state index contributed by atoms with van der Waals surface area (Å²) in [6.45, 7) is 4.14. The number of hydrogen-bond acceptors (Lipinski definition) is 4. The van der Waals surface area contributed by atoms with Gasteiger partial charge in [-0.3, -0.25) is 0 Å². The molecule has 0 spiro atoms. The lowest BCUT2D eigenvalue weighted by Gasteiger charge is -2.00. The van der Waals surface area contributed by atoms with Crippen LogP contribution >= 0.6 is 34.5 Å². The third kappa shape index (κ3) is 3.96. The van der Waals surface area contributed by atoms with Crippen molar-refractivity contribution in [3.63, 3.8) is 0 Å². The number of halogens is 2. The van der Waals surface area contributed by atoms with Crippen LogP contribution in [0.5, 0.6) is 0 Å². The van der Waals surface area contributed by atoms with E-state index in [-0.39, 0.29) is 0 Å². The molecule has 116 valence electrons. The topological polar surface area (TPSA) is 38.1 Å². The molecule has 0 aliphatic rings. The van der Waals surface area contributed by atoms with Crippen LogP contribution in [0, 0.1) is 13.8 Å². The van der Waals surface area contributed by atoms with Crippen LogP contribution in [0.4, 0.5) is 5.13 Å². The van der Waals surface area contributed by atoms with Crippen LogP contribution in [0.25, 0.3) is 10.6 Å². The van der Waals surface area contributed by atoms with E-state index in [0.717, 1.165) is 16.1 Å². The molecule has 0 amide bonds. The largest absolute Gasteiger partial charge is 0.231 e. The van der Waals surface area contributed by atoms with Crippen molar-refractivity contribution >= 4 is 45.9 Å². The van der Waals surface area contributed by atoms with Crippen LogP contribution in [0.3, 0.4) is 0 Å². The first kappa shape index (κ1) is 16.1. The average molecular weight is 362 g/mol. The van der Waals surface area contributed by atoms with Gasteiger partial charge in [0.1, 0.15) is 5.01 Å². The van der Waals surface area contributed by atoms with E-state index < -0.39 is 0 Å². The van der Waals surface area contributed by atoms with E-state index >= 15 is 0 Å².